The van der Waals surface area contributed by atoms with Gasteiger partial charge < -0.3 is 4.42 Å². The molecule has 0 saturated carbocycles. The van der Waals surface area contributed by atoms with E-state index in [9.17, 15) is 4.79 Å². The van der Waals surface area contributed by atoms with Gasteiger partial charge in [0.05, 0.1) is 5.52 Å². The molecule has 0 spiro atoms. The molecule has 2 aromatic heterocycles. The summed E-state index contributed by atoms with van der Waals surface area (Å²) in [5.74, 6) is 0.860. The summed E-state index contributed by atoms with van der Waals surface area (Å²) in [5, 5.41) is 8.50. The number of fused-ring (bicyclic) bond motifs is 1. The highest BCUT2D eigenvalue weighted by atomic mass is 16.3. The van der Waals surface area contributed by atoms with Gasteiger partial charge in [-0.25, -0.2) is 0 Å². The molecule has 1 N–H and O–H groups in total. The van der Waals surface area contributed by atoms with E-state index in [2.05, 4.69) is 28.4 Å². The summed E-state index contributed by atoms with van der Waals surface area (Å²) in [5.41, 5.74) is 4.10. The van der Waals surface area contributed by atoms with Crippen molar-refractivity contribution in [1.82, 2.24) is 10.2 Å². The molecule has 0 bridgehead atoms. The van der Waals surface area contributed by atoms with E-state index in [1.54, 1.807) is 12.1 Å². The van der Waals surface area contributed by atoms with Crippen LogP contribution in [0.4, 0.5) is 0 Å². The Morgan fingerprint density at radius 2 is 1.88 bits per heavy atom. The van der Waals surface area contributed by atoms with E-state index in [1.807, 2.05) is 30.3 Å². The number of carbonyl (C=O) groups excluding carboxylic acids is 1. The zero-order valence-corrected chi connectivity index (χ0v) is 13.2. The van der Waals surface area contributed by atoms with Crippen molar-refractivity contribution in [3.8, 4) is 11.5 Å². The molecule has 0 unspecified atom stereocenters. The van der Waals surface area contributed by atoms with E-state index < -0.39 is 0 Å². The summed E-state index contributed by atoms with van der Waals surface area (Å²) >= 11 is 0. The van der Waals surface area contributed by atoms with Crippen LogP contribution in [-0.4, -0.2) is 16.0 Å². The van der Waals surface area contributed by atoms with Crippen molar-refractivity contribution in [2.75, 3.05) is 0 Å². The lowest BCUT2D eigenvalue weighted by molar-refractivity contribution is 0.0988. The van der Waals surface area contributed by atoms with Crippen LogP contribution in [0, 0.1) is 0 Å². The largest absolute Gasteiger partial charge is 0.451 e. The Morgan fingerprint density at radius 1 is 1.04 bits per heavy atom. The first-order valence-electron chi connectivity index (χ1n) is 7.83. The molecule has 0 aliphatic carbocycles. The maximum absolute atomic E-state index is 11.5. The van der Waals surface area contributed by atoms with Crippen LogP contribution < -0.4 is 0 Å². The fraction of sp³-hybridized carbons (Fsp3) is 0.100. The molecular weight excluding hydrogens is 300 g/mol. The normalized spacial score (nSPS) is 11.0. The molecular formula is C20H16N2O2. The number of aromatic amines is 1. The number of hydrogen-bond acceptors (Lipinski definition) is 3. The number of ketones is 1. The molecule has 4 aromatic rings. The summed E-state index contributed by atoms with van der Waals surface area (Å²) in [7, 11) is 0. The quantitative estimate of drug-likeness (QED) is 0.559. The molecule has 2 heterocycles. The molecule has 4 heteroatoms. The molecule has 0 aliphatic heterocycles. The third-order valence-corrected chi connectivity index (χ3v) is 4.10. The summed E-state index contributed by atoms with van der Waals surface area (Å²) in [6.45, 7) is 1.49. The molecule has 0 radical (unpaired) electrons. The Bertz CT molecular complexity index is 1010. The highest BCUT2D eigenvalue weighted by Gasteiger charge is 2.16. The lowest BCUT2D eigenvalue weighted by Gasteiger charge is -2.05. The molecule has 0 fully saturated rings. The van der Waals surface area contributed by atoms with Crippen LogP contribution >= 0.6 is 0 Å². The van der Waals surface area contributed by atoms with E-state index in [0.29, 0.717) is 11.5 Å². The standard InChI is InChI=1S/C20H16N2O2/c1-13(23)17-10-11-18(24-17)20-19-15(8-5-9-16(19)21-22-20)12-14-6-3-2-4-7-14/h2-11H,12H2,1H3,(H,21,22). The molecule has 0 amide bonds. The number of H-pyrrole nitrogens is 1. The van der Waals surface area contributed by atoms with E-state index in [4.69, 9.17) is 4.42 Å². The van der Waals surface area contributed by atoms with Gasteiger partial charge in [-0.15, -0.1) is 0 Å². The lowest BCUT2D eigenvalue weighted by Crippen LogP contribution is -1.90. The molecule has 0 atom stereocenters. The molecule has 2 aromatic carbocycles. The number of rotatable bonds is 4. The predicted octanol–water partition coefficient (Wildman–Crippen LogP) is 4.62. The maximum Gasteiger partial charge on any atom is 0.194 e. The van der Waals surface area contributed by atoms with E-state index in [0.717, 1.165) is 23.0 Å². The maximum atomic E-state index is 11.5. The number of carbonyl (C=O) groups is 1. The first kappa shape index (κ1) is 14.5. The van der Waals surface area contributed by atoms with Crippen LogP contribution in [-0.2, 0) is 6.42 Å². The lowest BCUT2D eigenvalue weighted by atomic mass is 9.99. The second-order valence-corrected chi connectivity index (χ2v) is 5.79. The third kappa shape index (κ3) is 2.52. The van der Waals surface area contributed by atoms with Crippen LogP contribution in [0.1, 0.15) is 28.6 Å². The third-order valence-electron chi connectivity index (χ3n) is 4.10. The van der Waals surface area contributed by atoms with Crippen molar-refractivity contribution in [3.63, 3.8) is 0 Å². The fourth-order valence-corrected chi connectivity index (χ4v) is 2.94. The zero-order valence-electron chi connectivity index (χ0n) is 13.2. The SMILES string of the molecule is CC(=O)c1ccc(-c2n[nH]c3cccc(Cc4ccccc4)c23)o1. The minimum atomic E-state index is -0.0920. The van der Waals surface area contributed by atoms with E-state index >= 15 is 0 Å². The van der Waals surface area contributed by atoms with Crippen molar-refractivity contribution >= 4 is 16.7 Å². The van der Waals surface area contributed by atoms with Gasteiger partial charge >= 0.3 is 0 Å². The Kier molecular flexibility index (Phi) is 3.50. The van der Waals surface area contributed by atoms with Crippen molar-refractivity contribution < 1.29 is 9.21 Å². The monoisotopic (exact) mass is 316 g/mol. The molecule has 4 nitrogen and oxygen atoms in total. The number of benzene rings is 2. The van der Waals surface area contributed by atoms with Crippen molar-refractivity contribution in [2.24, 2.45) is 0 Å². The first-order chi connectivity index (χ1) is 11.7. The smallest absolute Gasteiger partial charge is 0.194 e. The van der Waals surface area contributed by atoms with Gasteiger partial charge in [0.2, 0.25) is 0 Å². The summed E-state index contributed by atoms with van der Waals surface area (Å²) in [6, 6.07) is 19.9. The summed E-state index contributed by atoms with van der Waals surface area (Å²) in [4.78, 5) is 11.5. The van der Waals surface area contributed by atoms with Crippen LogP contribution in [0.2, 0.25) is 0 Å². The molecule has 0 saturated heterocycles. The van der Waals surface area contributed by atoms with Crippen molar-refractivity contribution in [1.29, 1.82) is 0 Å². The van der Waals surface area contributed by atoms with Crippen LogP contribution in [0.15, 0.2) is 65.1 Å². The van der Waals surface area contributed by atoms with Crippen LogP contribution in [0.25, 0.3) is 22.4 Å². The van der Waals surface area contributed by atoms with Gasteiger partial charge in [0.25, 0.3) is 0 Å². The van der Waals surface area contributed by atoms with Crippen LogP contribution in [0.5, 0.6) is 0 Å². The first-order valence-corrected chi connectivity index (χ1v) is 7.83. The van der Waals surface area contributed by atoms with Crippen molar-refractivity contribution in [2.45, 2.75) is 13.3 Å². The molecule has 118 valence electrons. The highest BCUT2D eigenvalue weighted by Crippen LogP contribution is 2.31. The number of hydrogen-bond donors (Lipinski definition) is 1. The van der Waals surface area contributed by atoms with Crippen molar-refractivity contribution in [3.05, 3.63) is 77.6 Å². The van der Waals surface area contributed by atoms with Gasteiger partial charge in [-0.05, 0) is 35.7 Å². The number of furan rings is 1. The van der Waals surface area contributed by atoms with Gasteiger partial charge in [-0.3, -0.25) is 9.89 Å². The van der Waals surface area contributed by atoms with Gasteiger partial charge in [0.15, 0.2) is 17.3 Å². The number of Topliss-reactive ketones (excluding diaryl/α,β-unsaturated/α-hetero) is 1. The minimum Gasteiger partial charge on any atom is -0.451 e. The topological polar surface area (TPSA) is 58.9 Å². The molecule has 0 aliphatic rings. The minimum absolute atomic E-state index is 0.0920. The Labute approximate surface area is 139 Å². The van der Waals surface area contributed by atoms with Gasteiger partial charge in [0.1, 0.15) is 5.69 Å². The second kappa shape index (κ2) is 5.81. The average Bonchev–Trinajstić information content (AvgIpc) is 3.23. The zero-order chi connectivity index (χ0) is 16.5. The van der Waals surface area contributed by atoms with Crippen LogP contribution in [0.3, 0.4) is 0 Å². The number of aromatic nitrogens is 2. The Hall–Kier alpha value is -3.14. The van der Waals surface area contributed by atoms with Gasteiger partial charge in [-0.1, -0.05) is 42.5 Å². The summed E-state index contributed by atoms with van der Waals surface area (Å²) < 4.78 is 5.67. The fourth-order valence-electron chi connectivity index (χ4n) is 2.94. The Balaban J connectivity index is 1.83. The average molecular weight is 316 g/mol. The highest BCUT2D eigenvalue weighted by molar-refractivity contribution is 5.96. The Morgan fingerprint density at radius 3 is 2.62 bits per heavy atom. The predicted molar refractivity (Wildman–Crippen MR) is 93.0 cm³/mol. The number of nitrogens with one attached hydrogen (secondary N) is 1. The molecule has 4 rings (SSSR count). The summed E-state index contributed by atoms with van der Waals surface area (Å²) in [6.07, 6.45) is 0.811. The van der Waals surface area contributed by atoms with Gasteiger partial charge in [0, 0.05) is 12.3 Å². The molecule has 24 heavy (non-hydrogen) atoms. The van der Waals surface area contributed by atoms with E-state index in [1.165, 1.54) is 18.1 Å². The van der Waals surface area contributed by atoms with E-state index in [-0.39, 0.29) is 5.78 Å². The second-order valence-electron chi connectivity index (χ2n) is 5.79. The van der Waals surface area contributed by atoms with Gasteiger partial charge in [-0.2, -0.15) is 5.10 Å². The number of nitrogens with zero attached hydrogens (tertiary/aromatic N) is 1.